The Morgan fingerprint density at radius 3 is 2.62 bits per heavy atom. The minimum atomic E-state index is -3.85. The van der Waals surface area contributed by atoms with Crippen molar-refractivity contribution in [3.8, 4) is 0 Å². The molecule has 1 aliphatic rings. The molecule has 1 unspecified atom stereocenters. The first-order valence-electron chi connectivity index (χ1n) is 8.19. The molecule has 0 amide bonds. The Labute approximate surface area is 152 Å². The summed E-state index contributed by atoms with van der Waals surface area (Å²) >= 11 is 0. The number of benzene rings is 2. The molecule has 0 saturated heterocycles. The zero-order valence-electron chi connectivity index (χ0n) is 14.6. The number of fused-ring (bicyclic) bond motifs is 1. The predicted octanol–water partition coefficient (Wildman–Crippen LogP) is 2.67. The number of rotatable bonds is 5. The predicted molar refractivity (Wildman–Crippen MR) is 96.4 cm³/mol. The fourth-order valence-corrected chi connectivity index (χ4v) is 4.50. The van der Waals surface area contributed by atoms with Gasteiger partial charge in [-0.1, -0.05) is 30.3 Å². The van der Waals surface area contributed by atoms with E-state index in [2.05, 4.69) is 0 Å². The second-order valence-electron chi connectivity index (χ2n) is 6.40. The van der Waals surface area contributed by atoms with Gasteiger partial charge >= 0.3 is 0 Å². The zero-order chi connectivity index (χ0) is 18.9. The Bertz CT molecular complexity index is 942. The quantitative estimate of drug-likeness (QED) is 0.591. The highest BCUT2D eigenvalue weighted by Crippen LogP contribution is 2.26. The van der Waals surface area contributed by atoms with Crippen LogP contribution in [0.1, 0.15) is 16.7 Å². The minimum absolute atomic E-state index is 0.0505. The standard InChI is InChI=1S/C18H20N2O5S/c1-13-7-8-16(20(21)22)10-18(13)26(23,24)19(2)11-17-9-14-5-3-4-6-15(14)12-25-17/h3-8,10,17H,9,11-12H2,1-2H3. The van der Waals surface area contributed by atoms with Gasteiger partial charge in [0.15, 0.2) is 0 Å². The van der Waals surface area contributed by atoms with E-state index in [0.717, 1.165) is 17.2 Å². The lowest BCUT2D eigenvalue weighted by Gasteiger charge is -2.28. The highest BCUT2D eigenvalue weighted by molar-refractivity contribution is 7.89. The lowest BCUT2D eigenvalue weighted by molar-refractivity contribution is -0.385. The maximum atomic E-state index is 12.9. The van der Waals surface area contributed by atoms with E-state index in [4.69, 9.17) is 4.74 Å². The zero-order valence-corrected chi connectivity index (χ0v) is 15.4. The van der Waals surface area contributed by atoms with E-state index in [1.54, 1.807) is 6.92 Å². The molecule has 0 aliphatic carbocycles. The lowest BCUT2D eigenvalue weighted by atomic mass is 9.99. The summed E-state index contributed by atoms with van der Waals surface area (Å²) in [5.74, 6) is 0. The molecule has 3 rings (SSSR count). The molecule has 0 radical (unpaired) electrons. The number of likely N-dealkylation sites (N-methyl/N-ethyl adjacent to an activating group) is 1. The van der Waals surface area contributed by atoms with Crippen molar-refractivity contribution in [1.29, 1.82) is 0 Å². The van der Waals surface area contributed by atoms with Crippen LogP contribution >= 0.6 is 0 Å². The average Bonchev–Trinajstić information content (AvgIpc) is 2.61. The second-order valence-corrected chi connectivity index (χ2v) is 8.41. The van der Waals surface area contributed by atoms with Crippen molar-refractivity contribution >= 4 is 15.7 Å². The van der Waals surface area contributed by atoms with Gasteiger partial charge in [-0.3, -0.25) is 10.1 Å². The molecule has 1 atom stereocenters. The van der Waals surface area contributed by atoms with Crippen LogP contribution in [0, 0.1) is 17.0 Å². The SMILES string of the molecule is Cc1ccc([N+](=O)[O-])cc1S(=O)(=O)N(C)CC1Cc2ccccc2CO1. The van der Waals surface area contributed by atoms with Crippen LogP contribution in [-0.4, -0.2) is 37.3 Å². The summed E-state index contributed by atoms with van der Waals surface area (Å²) in [6, 6.07) is 11.8. The normalized spacial score (nSPS) is 17.1. The van der Waals surface area contributed by atoms with Crippen molar-refractivity contribution in [2.75, 3.05) is 13.6 Å². The van der Waals surface area contributed by atoms with E-state index in [0.29, 0.717) is 18.6 Å². The molecule has 26 heavy (non-hydrogen) atoms. The van der Waals surface area contributed by atoms with E-state index in [1.165, 1.54) is 23.5 Å². The van der Waals surface area contributed by atoms with E-state index in [1.807, 2.05) is 24.3 Å². The summed E-state index contributed by atoms with van der Waals surface area (Å²) in [5, 5.41) is 11.0. The number of nitro benzene ring substituents is 1. The molecule has 2 aromatic carbocycles. The number of nitrogens with zero attached hydrogens (tertiary/aromatic N) is 2. The monoisotopic (exact) mass is 376 g/mol. The Morgan fingerprint density at radius 2 is 1.92 bits per heavy atom. The van der Waals surface area contributed by atoms with Crippen LogP contribution in [0.25, 0.3) is 0 Å². The highest BCUT2D eigenvalue weighted by atomic mass is 32.2. The van der Waals surface area contributed by atoms with E-state index < -0.39 is 14.9 Å². The fourth-order valence-electron chi connectivity index (χ4n) is 3.06. The summed E-state index contributed by atoms with van der Waals surface area (Å²) in [6.07, 6.45) is 0.368. The van der Waals surface area contributed by atoms with E-state index in [-0.39, 0.29) is 23.2 Å². The highest BCUT2D eigenvalue weighted by Gasteiger charge is 2.29. The van der Waals surface area contributed by atoms with Gasteiger partial charge in [-0.05, 0) is 23.6 Å². The van der Waals surface area contributed by atoms with Crippen molar-refractivity contribution in [1.82, 2.24) is 4.31 Å². The first kappa shape index (κ1) is 18.5. The van der Waals surface area contributed by atoms with Gasteiger partial charge in [0.25, 0.3) is 5.69 Å². The number of sulfonamides is 1. The van der Waals surface area contributed by atoms with E-state index in [9.17, 15) is 18.5 Å². The molecule has 2 aromatic rings. The van der Waals surface area contributed by atoms with Crippen LogP contribution in [-0.2, 0) is 27.8 Å². The minimum Gasteiger partial charge on any atom is -0.372 e. The van der Waals surface area contributed by atoms with Crippen LogP contribution in [0.3, 0.4) is 0 Å². The molecule has 0 N–H and O–H groups in total. The number of hydrogen-bond acceptors (Lipinski definition) is 5. The molecule has 0 saturated carbocycles. The van der Waals surface area contributed by atoms with Gasteiger partial charge in [0.2, 0.25) is 10.0 Å². The summed E-state index contributed by atoms with van der Waals surface area (Å²) in [5.41, 5.74) is 2.49. The Kier molecular flexibility index (Phi) is 5.08. The van der Waals surface area contributed by atoms with Gasteiger partial charge in [0, 0.05) is 32.1 Å². The van der Waals surface area contributed by atoms with Crippen molar-refractivity contribution in [2.24, 2.45) is 0 Å². The first-order chi connectivity index (χ1) is 12.3. The topological polar surface area (TPSA) is 89.8 Å². The van der Waals surface area contributed by atoms with Gasteiger partial charge in [0.05, 0.1) is 22.5 Å². The fraction of sp³-hybridized carbons (Fsp3) is 0.333. The third kappa shape index (κ3) is 3.62. The Hall–Kier alpha value is -2.29. The number of ether oxygens (including phenoxy) is 1. The molecule has 138 valence electrons. The van der Waals surface area contributed by atoms with Gasteiger partial charge in [0.1, 0.15) is 0 Å². The second kappa shape index (κ2) is 7.14. The maximum absolute atomic E-state index is 12.9. The van der Waals surface area contributed by atoms with Gasteiger partial charge in [-0.15, -0.1) is 0 Å². The molecule has 0 spiro atoms. The molecule has 0 aromatic heterocycles. The van der Waals surface area contributed by atoms with Gasteiger partial charge in [-0.2, -0.15) is 4.31 Å². The van der Waals surface area contributed by atoms with E-state index >= 15 is 0 Å². The van der Waals surface area contributed by atoms with Crippen molar-refractivity contribution in [3.05, 3.63) is 69.3 Å². The molecule has 1 aliphatic heterocycles. The van der Waals surface area contributed by atoms with Crippen LogP contribution in [0.4, 0.5) is 5.69 Å². The lowest BCUT2D eigenvalue weighted by Crippen LogP contribution is -2.38. The number of non-ortho nitro benzene ring substituents is 1. The molecule has 8 heteroatoms. The molecule has 0 fully saturated rings. The molecular formula is C18H20N2O5S. The Balaban J connectivity index is 1.80. The summed E-state index contributed by atoms with van der Waals surface area (Å²) in [6.45, 7) is 2.25. The third-order valence-corrected chi connectivity index (χ3v) is 6.54. The number of aryl methyl sites for hydroxylation is 1. The largest absolute Gasteiger partial charge is 0.372 e. The van der Waals surface area contributed by atoms with Crippen molar-refractivity contribution < 1.29 is 18.1 Å². The van der Waals surface area contributed by atoms with Crippen LogP contribution < -0.4 is 0 Å². The molecule has 7 nitrogen and oxygen atoms in total. The first-order valence-corrected chi connectivity index (χ1v) is 9.63. The van der Waals surface area contributed by atoms with Crippen LogP contribution in [0.5, 0.6) is 0 Å². The summed E-state index contributed by atoms with van der Waals surface area (Å²) in [7, 11) is -2.38. The molecule has 0 bridgehead atoms. The van der Waals surface area contributed by atoms with Gasteiger partial charge < -0.3 is 4.74 Å². The average molecular weight is 376 g/mol. The Morgan fingerprint density at radius 1 is 1.23 bits per heavy atom. The third-order valence-electron chi connectivity index (χ3n) is 4.57. The molecular weight excluding hydrogens is 356 g/mol. The number of hydrogen-bond donors (Lipinski definition) is 0. The molecule has 1 heterocycles. The van der Waals surface area contributed by atoms with Gasteiger partial charge in [-0.25, -0.2) is 8.42 Å². The summed E-state index contributed by atoms with van der Waals surface area (Å²) < 4.78 is 32.8. The van der Waals surface area contributed by atoms with Crippen LogP contribution in [0.2, 0.25) is 0 Å². The van der Waals surface area contributed by atoms with Crippen LogP contribution in [0.15, 0.2) is 47.4 Å². The van der Waals surface area contributed by atoms with Crippen molar-refractivity contribution in [2.45, 2.75) is 31.0 Å². The number of nitro groups is 1. The smallest absolute Gasteiger partial charge is 0.270 e. The van der Waals surface area contributed by atoms with Crippen molar-refractivity contribution in [3.63, 3.8) is 0 Å². The maximum Gasteiger partial charge on any atom is 0.270 e. The summed E-state index contributed by atoms with van der Waals surface area (Å²) in [4.78, 5) is 10.3.